The Balaban J connectivity index is 2.44. The van der Waals surface area contributed by atoms with Crippen molar-refractivity contribution in [2.75, 3.05) is 0 Å². The van der Waals surface area contributed by atoms with Crippen molar-refractivity contribution in [2.45, 2.75) is 20.3 Å². The number of benzene rings is 2. The van der Waals surface area contributed by atoms with E-state index < -0.39 is 23.6 Å². The Morgan fingerprint density at radius 2 is 1.72 bits per heavy atom. The number of alkyl halides is 2. The van der Waals surface area contributed by atoms with Gasteiger partial charge in [0.2, 0.25) is 0 Å². The Kier molecular flexibility index (Phi) is 4.08. The molecular weight excluding hydrogens is 330 g/mol. The molecule has 0 aliphatic carbocycles. The van der Waals surface area contributed by atoms with Crippen molar-refractivity contribution in [2.24, 2.45) is 0 Å². The lowest BCUT2D eigenvalue weighted by Gasteiger charge is -2.19. The molecule has 0 bridgehead atoms. The normalized spacial score (nSPS) is 11.2. The molecule has 128 valence electrons. The lowest BCUT2D eigenvalue weighted by molar-refractivity contribution is -0.468. The summed E-state index contributed by atoms with van der Waals surface area (Å²) in [5.74, 6) is -0.921. The second-order valence-corrected chi connectivity index (χ2v) is 5.74. The third kappa shape index (κ3) is 2.67. The Morgan fingerprint density at radius 3 is 2.32 bits per heavy atom. The summed E-state index contributed by atoms with van der Waals surface area (Å²) in [5.41, 5.74) is -0.872. The summed E-state index contributed by atoms with van der Waals surface area (Å²) in [6.07, 6.45) is -3.27. The minimum atomic E-state index is -3.27. The lowest BCUT2D eigenvalue weighted by Crippen LogP contribution is -2.32. The van der Waals surface area contributed by atoms with Crippen LogP contribution in [-0.4, -0.2) is 10.5 Å². The van der Waals surface area contributed by atoms with E-state index in [-0.39, 0.29) is 25.8 Å². The Bertz CT molecular complexity index is 1040. The molecule has 0 fully saturated rings. The van der Waals surface area contributed by atoms with Gasteiger partial charge in [-0.15, -0.1) is 0 Å². The number of carbonyl (C=O) groups excluding carboxylic acids is 1. The van der Waals surface area contributed by atoms with Gasteiger partial charge in [0.15, 0.2) is 5.69 Å². The number of aryl methyl sites for hydroxylation is 2. The highest BCUT2D eigenvalue weighted by molar-refractivity contribution is 6.07. The molecule has 1 heterocycles. The molecule has 3 rings (SSSR count). The molecule has 2 aromatic carbocycles. The molecule has 0 amide bonds. The van der Waals surface area contributed by atoms with Crippen LogP contribution < -0.4 is 4.43 Å². The van der Waals surface area contributed by atoms with E-state index in [0.29, 0.717) is 11.1 Å². The van der Waals surface area contributed by atoms with Crippen LogP contribution in [0.4, 0.5) is 8.78 Å². The summed E-state index contributed by atoms with van der Waals surface area (Å²) in [6.45, 7) is 3.43. The number of halogens is 2. The number of hydrogen-bond donors (Lipinski definition) is 0. The van der Waals surface area contributed by atoms with E-state index in [4.69, 9.17) is 0 Å². The van der Waals surface area contributed by atoms with Gasteiger partial charge in [-0.05, 0) is 31.0 Å². The van der Waals surface area contributed by atoms with Crippen LogP contribution in [0.3, 0.4) is 0 Å². The van der Waals surface area contributed by atoms with Crippen molar-refractivity contribution in [3.05, 3.63) is 80.7 Å². The van der Waals surface area contributed by atoms with Crippen molar-refractivity contribution in [3.63, 3.8) is 0 Å². The molecule has 5 nitrogen and oxygen atoms in total. The smallest absolute Gasteiger partial charge is 0.335 e. The van der Waals surface area contributed by atoms with E-state index in [9.17, 15) is 23.7 Å². The quantitative estimate of drug-likeness (QED) is 0.537. The lowest BCUT2D eigenvalue weighted by atomic mass is 10.0. The van der Waals surface area contributed by atoms with E-state index in [1.54, 1.807) is 32.0 Å². The number of nitrogens with zero attached hydrogens (tertiary/aromatic N) is 2. The summed E-state index contributed by atoms with van der Waals surface area (Å²) >= 11 is 0. The third-order valence-electron chi connectivity index (χ3n) is 4.15. The minimum Gasteiger partial charge on any atom is -0.805 e. The first-order valence-electron chi connectivity index (χ1n) is 7.50. The van der Waals surface area contributed by atoms with Crippen molar-refractivity contribution in [1.29, 1.82) is 0 Å². The van der Waals surface area contributed by atoms with Gasteiger partial charge >= 0.3 is 5.69 Å². The van der Waals surface area contributed by atoms with Crippen LogP contribution in [0.1, 0.15) is 39.3 Å². The van der Waals surface area contributed by atoms with E-state index >= 15 is 0 Å². The Hall–Kier alpha value is -3.09. The number of rotatable bonds is 3. The zero-order valence-electron chi connectivity index (χ0n) is 13.5. The minimum absolute atomic E-state index is 0.0169. The molecule has 25 heavy (non-hydrogen) atoms. The molecule has 0 saturated carbocycles. The molecular formula is C18H14F2N2O3. The second-order valence-electron chi connectivity index (χ2n) is 5.74. The standard InChI is InChI=1S/C18H14F2N2O3/c1-10-8-13-14(9-11(10)2)22(25)16(18(19)20)15(21(13)24)17(23)12-6-4-3-5-7-12/h3-9,18H,1-2H3. The number of aromatic nitrogens is 2. The van der Waals surface area contributed by atoms with Crippen molar-refractivity contribution < 1.29 is 18.0 Å². The van der Waals surface area contributed by atoms with Gasteiger partial charge < -0.3 is 9.94 Å². The average molecular weight is 344 g/mol. The van der Waals surface area contributed by atoms with Crippen LogP contribution in [0.5, 0.6) is 0 Å². The summed E-state index contributed by atoms with van der Waals surface area (Å²) in [6, 6.07) is 10.3. The predicted octanol–water partition coefficient (Wildman–Crippen LogP) is 3.69. The second kappa shape index (κ2) is 6.08. The zero-order valence-corrected chi connectivity index (χ0v) is 13.5. The molecule has 0 atom stereocenters. The molecule has 0 N–H and O–H groups in total. The largest absolute Gasteiger partial charge is 0.805 e. The van der Waals surface area contributed by atoms with Crippen LogP contribution in [0.25, 0.3) is 11.0 Å². The first-order valence-corrected chi connectivity index (χ1v) is 7.50. The van der Waals surface area contributed by atoms with E-state index in [1.807, 2.05) is 0 Å². The maximum Gasteiger partial charge on any atom is 0.335 e. The Morgan fingerprint density at radius 1 is 1.12 bits per heavy atom. The zero-order chi connectivity index (χ0) is 18.3. The van der Waals surface area contributed by atoms with Crippen molar-refractivity contribution >= 4 is 16.8 Å². The van der Waals surface area contributed by atoms with Gasteiger partial charge in [0.1, 0.15) is 5.52 Å². The highest BCUT2D eigenvalue weighted by Gasteiger charge is 2.34. The van der Waals surface area contributed by atoms with Gasteiger partial charge in [-0.3, -0.25) is 4.79 Å². The van der Waals surface area contributed by atoms with Gasteiger partial charge in [0, 0.05) is 16.5 Å². The van der Waals surface area contributed by atoms with Crippen molar-refractivity contribution in [1.82, 2.24) is 4.73 Å². The monoisotopic (exact) mass is 344 g/mol. The third-order valence-corrected chi connectivity index (χ3v) is 4.15. The molecule has 0 spiro atoms. The molecule has 0 aliphatic rings. The van der Waals surface area contributed by atoms with Crippen LogP contribution in [0.2, 0.25) is 0 Å². The summed E-state index contributed by atoms with van der Waals surface area (Å²) in [5, 5.41) is 12.5. The van der Waals surface area contributed by atoms with E-state index in [2.05, 4.69) is 0 Å². The average Bonchev–Trinajstić information content (AvgIpc) is 2.59. The van der Waals surface area contributed by atoms with E-state index in [1.165, 1.54) is 24.3 Å². The highest BCUT2D eigenvalue weighted by Crippen LogP contribution is 2.27. The number of hydrogen-bond acceptors (Lipinski definition) is 3. The number of carbonyl (C=O) groups is 1. The molecule has 3 aromatic rings. The van der Waals surface area contributed by atoms with Gasteiger partial charge in [0.25, 0.3) is 17.7 Å². The maximum absolute atomic E-state index is 13.5. The van der Waals surface area contributed by atoms with Crippen molar-refractivity contribution in [3.8, 4) is 0 Å². The fraction of sp³-hybridized carbons (Fsp3) is 0.167. The summed E-state index contributed by atoms with van der Waals surface area (Å²) in [4.78, 5) is 25.3. The van der Waals surface area contributed by atoms with Crippen LogP contribution in [0, 0.1) is 24.0 Å². The molecule has 0 aliphatic heterocycles. The number of ketones is 1. The number of fused-ring (bicyclic) bond motifs is 1. The summed E-state index contributed by atoms with van der Waals surface area (Å²) in [7, 11) is 0. The molecule has 0 unspecified atom stereocenters. The van der Waals surface area contributed by atoms with Crippen LogP contribution >= 0.6 is 0 Å². The predicted molar refractivity (Wildman–Crippen MR) is 88.4 cm³/mol. The van der Waals surface area contributed by atoms with Gasteiger partial charge in [-0.2, -0.15) is 0 Å². The fourth-order valence-electron chi connectivity index (χ4n) is 2.69. The molecule has 0 saturated heterocycles. The van der Waals surface area contributed by atoms with Gasteiger partial charge in [0.05, 0.1) is 4.43 Å². The first kappa shape index (κ1) is 16.8. The topological polar surface area (TPSA) is 68.0 Å². The van der Waals surface area contributed by atoms with E-state index in [0.717, 1.165) is 0 Å². The van der Waals surface area contributed by atoms with Crippen LogP contribution in [-0.2, 0) is 0 Å². The highest BCUT2D eigenvalue weighted by atomic mass is 19.3. The fourth-order valence-corrected chi connectivity index (χ4v) is 2.69. The molecule has 0 radical (unpaired) electrons. The molecule has 7 heteroatoms. The molecule has 1 aromatic heterocycles. The van der Waals surface area contributed by atoms with Gasteiger partial charge in [-0.1, -0.05) is 30.3 Å². The van der Waals surface area contributed by atoms with Crippen LogP contribution in [0.15, 0.2) is 42.5 Å². The van der Waals surface area contributed by atoms with Gasteiger partial charge in [-0.25, -0.2) is 8.78 Å². The SMILES string of the molecule is Cc1cc2c(cc1C)[n+](=O)c(C(=O)c1ccccc1)c(C(F)F)n2[O-]. The summed E-state index contributed by atoms with van der Waals surface area (Å²) < 4.78 is 27.2. The first-order chi connectivity index (χ1) is 11.8. The Labute approximate surface area is 141 Å². The maximum atomic E-state index is 13.5.